The van der Waals surface area contributed by atoms with Crippen molar-refractivity contribution in [2.75, 3.05) is 31.5 Å². The van der Waals surface area contributed by atoms with Gasteiger partial charge in [0, 0.05) is 31.9 Å². The molecule has 21 heavy (non-hydrogen) atoms. The maximum Gasteiger partial charge on any atom is 0.202 e. The normalized spacial score (nSPS) is 16.8. The molecule has 0 saturated carbocycles. The Balaban J connectivity index is 1.52. The largest absolute Gasteiger partial charge is 0.353 e. The topological polar surface area (TPSA) is 69.2 Å². The second-order valence-corrected chi connectivity index (χ2v) is 5.37. The van der Waals surface area contributed by atoms with Crippen LogP contribution in [0.5, 0.6) is 0 Å². The number of aromatic amines is 1. The molecule has 3 heterocycles. The molecule has 0 unspecified atom stereocenters. The van der Waals surface area contributed by atoms with E-state index >= 15 is 0 Å². The third kappa shape index (κ3) is 3.64. The number of fused-ring (bicyclic) bond motifs is 1. The summed E-state index contributed by atoms with van der Waals surface area (Å²) in [4.78, 5) is 18.4. The summed E-state index contributed by atoms with van der Waals surface area (Å²) in [6, 6.07) is 4.31. The minimum atomic E-state index is 0.454. The van der Waals surface area contributed by atoms with Crippen LogP contribution in [0.4, 0.5) is 5.95 Å². The summed E-state index contributed by atoms with van der Waals surface area (Å²) in [6.45, 7) is 3.86. The van der Waals surface area contributed by atoms with Gasteiger partial charge in [0.15, 0.2) is 5.65 Å². The summed E-state index contributed by atoms with van der Waals surface area (Å²) in [5, 5.41) is 5.88. The Morgan fingerprint density at radius 3 is 3.10 bits per heavy atom. The molecule has 0 bridgehead atoms. The van der Waals surface area contributed by atoms with Crippen molar-refractivity contribution in [3.05, 3.63) is 18.3 Å². The zero-order chi connectivity index (χ0) is 14.5. The van der Waals surface area contributed by atoms with Gasteiger partial charge in [-0.05, 0) is 37.2 Å². The van der Waals surface area contributed by atoms with Gasteiger partial charge in [-0.2, -0.15) is 0 Å². The number of nitrogens with one attached hydrogen (secondary N) is 2. The van der Waals surface area contributed by atoms with E-state index in [-0.39, 0.29) is 0 Å². The number of nitrogens with zero attached hydrogens (tertiary/aromatic N) is 4. The van der Waals surface area contributed by atoms with E-state index in [9.17, 15) is 0 Å². The zero-order valence-electron chi connectivity index (χ0n) is 11.7. The first-order valence-corrected chi connectivity index (χ1v) is 7.59. The summed E-state index contributed by atoms with van der Waals surface area (Å²) < 4.78 is 0. The highest BCUT2D eigenvalue weighted by atomic mass is 32.1. The molecule has 1 aliphatic rings. The van der Waals surface area contributed by atoms with Crippen molar-refractivity contribution in [2.45, 2.75) is 18.9 Å². The van der Waals surface area contributed by atoms with Gasteiger partial charge < -0.3 is 15.2 Å². The Kier molecular flexibility index (Phi) is 4.55. The first kappa shape index (κ1) is 14.1. The van der Waals surface area contributed by atoms with Crippen molar-refractivity contribution in [2.24, 2.45) is 4.99 Å². The molecule has 110 valence electrons. The molecular weight excluding hydrogens is 284 g/mol. The lowest BCUT2D eigenvalue weighted by Crippen LogP contribution is -2.40. The van der Waals surface area contributed by atoms with Crippen LogP contribution >= 0.6 is 12.2 Å². The number of likely N-dealkylation sites (tertiary alicyclic amines) is 1. The predicted octanol–water partition coefficient (Wildman–Crippen LogP) is 1.94. The number of H-pyrrole nitrogens is 1. The third-order valence-electron chi connectivity index (χ3n) is 3.78. The van der Waals surface area contributed by atoms with Gasteiger partial charge in [0.1, 0.15) is 5.52 Å². The monoisotopic (exact) mass is 302 g/mol. The number of imidazole rings is 1. The highest BCUT2D eigenvalue weighted by Crippen LogP contribution is 2.16. The number of anilines is 1. The van der Waals surface area contributed by atoms with E-state index in [0.717, 1.165) is 56.1 Å². The van der Waals surface area contributed by atoms with E-state index in [2.05, 4.69) is 47.5 Å². The Bertz CT molecular complexity index is 607. The van der Waals surface area contributed by atoms with Crippen LogP contribution in [0.15, 0.2) is 23.3 Å². The average molecular weight is 302 g/mol. The smallest absolute Gasteiger partial charge is 0.202 e. The van der Waals surface area contributed by atoms with Crippen LogP contribution in [0.3, 0.4) is 0 Å². The van der Waals surface area contributed by atoms with Gasteiger partial charge in [0.05, 0.1) is 11.7 Å². The summed E-state index contributed by atoms with van der Waals surface area (Å²) in [5.41, 5.74) is 1.73. The Morgan fingerprint density at radius 1 is 1.48 bits per heavy atom. The number of hydrogen-bond acceptors (Lipinski definition) is 6. The maximum atomic E-state index is 4.58. The van der Waals surface area contributed by atoms with E-state index in [0.29, 0.717) is 6.04 Å². The maximum absolute atomic E-state index is 4.58. The molecule has 0 atom stereocenters. The summed E-state index contributed by atoms with van der Waals surface area (Å²) in [5.74, 6) is 0.812. The van der Waals surface area contributed by atoms with Crippen LogP contribution in [0.2, 0.25) is 0 Å². The van der Waals surface area contributed by atoms with Crippen LogP contribution in [-0.2, 0) is 0 Å². The lowest BCUT2D eigenvalue weighted by molar-refractivity contribution is 0.225. The highest BCUT2D eigenvalue weighted by Gasteiger charge is 2.19. The number of pyridine rings is 1. The SMILES string of the molecule is S=C=NCCN1CCC(Nc2nc3cccnc3[nH]2)CC1. The molecule has 3 rings (SSSR count). The molecule has 1 aliphatic heterocycles. The molecule has 0 amide bonds. The number of piperidine rings is 1. The molecule has 0 aliphatic carbocycles. The number of thiocarbonyl (C=S) groups is 1. The first-order chi connectivity index (χ1) is 10.3. The minimum absolute atomic E-state index is 0.454. The van der Waals surface area contributed by atoms with Crippen molar-refractivity contribution in [1.29, 1.82) is 0 Å². The molecule has 6 nitrogen and oxygen atoms in total. The third-order valence-corrected chi connectivity index (χ3v) is 3.91. The molecule has 7 heteroatoms. The summed E-state index contributed by atoms with van der Waals surface area (Å²) >= 11 is 4.58. The van der Waals surface area contributed by atoms with Crippen molar-refractivity contribution in [3.8, 4) is 0 Å². The fourth-order valence-electron chi connectivity index (χ4n) is 2.64. The second kappa shape index (κ2) is 6.76. The van der Waals surface area contributed by atoms with E-state index < -0.39 is 0 Å². The predicted molar refractivity (Wildman–Crippen MR) is 86.9 cm³/mol. The van der Waals surface area contributed by atoms with E-state index in [1.807, 2.05) is 12.1 Å². The van der Waals surface area contributed by atoms with Gasteiger partial charge in [-0.15, -0.1) is 0 Å². The number of hydrogen-bond donors (Lipinski definition) is 2. The van der Waals surface area contributed by atoms with E-state index in [1.165, 1.54) is 0 Å². The van der Waals surface area contributed by atoms with Crippen LogP contribution in [-0.4, -0.2) is 57.2 Å². The molecule has 2 aromatic heterocycles. The highest BCUT2D eigenvalue weighted by molar-refractivity contribution is 7.78. The second-order valence-electron chi connectivity index (χ2n) is 5.19. The molecule has 1 saturated heterocycles. The van der Waals surface area contributed by atoms with Gasteiger partial charge in [0.25, 0.3) is 0 Å². The van der Waals surface area contributed by atoms with Gasteiger partial charge in [-0.3, -0.25) is 0 Å². The zero-order valence-corrected chi connectivity index (χ0v) is 12.6. The van der Waals surface area contributed by atoms with E-state index in [1.54, 1.807) is 6.20 Å². The van der Waals surface area contributed by atoms with Crippen LogP contribution in [0.25, 0.3) is 11.2 Å². The van der Waals surface area contributed by atoms with Crippen LogP contribution < -0.4 is 5.32 Å². The Morgan fingerprint density at radius 2 is 2.33 bits per heavy atom. The number of aromatic nitrogens is 3. The number of aliphatic imine (C=N–C) groups is 1. The number of rotatable bonds is 5. The molecule has 0 radical (unpaired) electrons. The average Bonchev–Trinajstić information content (AvgIpc) is 2.91. The number of isothiocyanates is 1. The fraction of sp³-hybridized carbons (Fsp3) is 0.500. The quantitative estimate of drug-likeness (QED) is 0.652. The fourth-order valence-corrected chi connectivity index (χ4v) is 2.73. The standard InChI is InChI=1S/C14H18N6S/c21-10-15-6-9-20-7-3-11(4-8-20)17-14-18-12-2-1-5-16-13(12)19-14/h1-2,5,11H,3-4,6-9H2,(H2,16,17,18,19). The van der Waals surface area contributed by atoms with Gasteiger partial charge >= 0.3 is 0 Å². The Labute approximate surface area is 128 Å². The molecular formula is C14H18N6S. The van der Waals surface area contributed by atoms with Crippen molar-refractivity contribution in [1.82, 2.24) is 19.9 Å². The van der Waals surface area contributed by atoms with E-state index in [4.69, 9.17) is 0 Å². The van der Waals surface area contributed by atoms with Crippen molar-refractivity contribution in [3.63, 3.8) is 0 Å². The first-order valence-electron chi connectivity index (χ1n) is 7.18. The van der Waals surface area contributed by atoms with Gasteiger partial charge in [0.2, 0.25) is 5.95 Å². The lowest BCUT2D eigenvalue weighted by Gasteiger charge is -2.31. The Hall–Kier alpha value is -1.82. The molecule has 1 fully saturated rings. The van der Waals surface area contributed by atoms with Crippen molar-refractivity contribution >= 4 is 34.5 Å². The molecule has 0 spiro atoms. The summed E-state index contributed by atoms with van der Waals surface area (Å²) in [6.07, 6.45) is 3.98. The lowest BCUT2D eigenvalue weighted by atomic mass is 10.1. The minimum Gasteiger partial charge on any atom is -0.353 e. The van der Waals surface area contributed by atoms with Gasteiger partial charge in [-0.1, -0.05) is 0 Å². The van der Waals surface area contributed by atoms with Crippen LogP contribution in [0, 0.1) is 0 Å². The van der Waals surface area contributed by atoms with Crippen molar-refractivity contribution < 1.29 is 0 Å². The van der Waals surface area contributed by atoms with Crippen LogP contribution in [0.1, 0.15) is 12.8 Å². The van der Waals surface area contributed by atoms with Gasteiger partial charge in [-0.25, -0.2) is 15.0 Å². The molecule has 0 aromatic carbocycles. The summed E-state index contributed by atoms with van der Waals surface area (Å²) in [7, 11) is 0. The molecule has 2 aromatic rings. The molecule has 2 N–H and O–H groups in total.